The molecule has 0 atom stereocenters. The van der Waals surface area contributed by atoms with E-state index in [1.54, 1.807) is 0 Å². The number of hydrogen-bond donors (Lipinski definition) is 0. The molecule has 0 aliphatic rings. The van der Waals surface area contributed by atoms with Crippen LogP contribution >= 0.6 is 11.3 Å². The first kappa shape index (κ1) is 12.2. The monoisotopic (exact) mass is 301 g/mol. The van der Waals surface area contributed by atoms with Gasteiger partial charge in [0, 0.05) is 43.0 Å². The van der Waals surface area contributed by atoms with E-state index in [1.807, 2.05) is 11.3 Å². The van der Waals surface area contributed by atoms with Gasteiger partial charge >= 0.3 is 0 Å². The largest absolute Gasteiger partial charge is 0.341 e. The summed E-state index contributed by atoms with van der Waals surface area (Å²) in [4.78, 5) is 0. The molecule has 0 fully saturated rings. The van der Waals surface area contributed by atoms with Crippen LogP contribution in [0.25, 0.3) is 42.0 Å². The van der Waals surface area contributed by atoms with Crippen molar-refractivity contribution >= 4 is 53.3 Å². The fourth-order valence-corrected chi connectivity index (χ4v) is 4.73. The van der Waals surface area contributed by atoms with Gasteiger partial charge in [-0.1, -0.05) is 36.4 Å². The van der Waals surface area contributed by atoms with Crippen molar-refractivity contribution in [2.45, 2.75) is 13.5 Å². The van der Waals surface area contributed by atoms with E-state index in [0.29, 0.717) is 0 Å². The maximum Gasteiger partial charge on any atom is 0.0505 e. The maximum atomic E-state index is 2.43. The van der Waals surface area contributed by atoms with Crippen molar-refractivity contribution in [1.82, 2.24) is 4.57 Å². The molecule has 0 amide bonds. The van der Waals surface area contributed by atoms with Gasteiger partial charge in [0.05, 0.1) is 5.52 Å². The molecule has 0 radical (unpaired) electrons. The van der Waals surface area contributed by atoms with E-state index in [9.17, 15) is 0 Å². The first-order chi connectivity index (χ1) is 10.9. The lowest BCUT2D eigenvalue weighted by Gasteiger charge is -2.02. The van der Waals surface area contributed by atoms with Crippen LogP contribution in [-0.2, 0) is 6.54 Å². The highest BCUT2D eigenvalue weighted by molar-refractivity contribution is 7.25. The SMILES string of the molecule is CCn1c2ccccc2c2cc3c(cc21)sc1ccccc13. The molecular formula is C20H15NS. The van der Waals surface area contributed by atoms with E-state index >= 15 is 0 Å². The molecule has 0 unspecified atom stereocenters. The van der Waals surface area contributed by atoms with Crippen molar-refractivity contribution in [3.8, 4) is 0 Å². The Morgan fingerprint density at radius 3 is 2.36 bits per heavy atom. The zero-order valence-electron chi connectivity index (χ0n) is 12.3. The van der Waals surface area contributed by atoms with E-state index < -0.39 is 0 Å². The lowest BCUT2D eigenvalue weighted by atomic mass is 10.1. The Morgan fingerprint density at radius 2 is 1.50 bits per heavy atom. The van der Waals surface area contributed by atoms with Gasteiger partial charge in [-0.15, -0.1) is 11.3 Å². The number of thiophene rings is 1. The molecule has 2 heterocycles. The zero-order valence-corrected chi connectivity index (χ0v) is 13.2. The van der Waals surface area contributed by atoms with Crippen LogP contribution in [0.2, 0.25) is 0 Å². The molecule has 2 heteroatoms. The Labute approximate surface area is 132 Å². The van der Waals surface area contributed by atoms with Crippen molar-refractivity contribution in [2.75, 3.05) is 0 Å². The van der Waals surface area contributed by atoms with Crippen LogP contribution in [0.4, 0.5) is 0 Å². The highest BCUT2D eigenvalue weighted by Crippen LogP contribution is 2.39. The number of benzene rings is 3. The summed E-state index contributed by atoms with van der Waals surface area (Å²) in [5.41, 5.74) is 2.68. The average molecular weight is 301 g/mol. The third-order valence-electron chi connectivity index (χ3n) is 4.59. The molecule has 5 rings (SSSR count). The van der Waals surface area contributed by atoms with Gasteiger partial charge < -0.3 is 4.57 Å². The van der Waals surface area contributed by atoms with E-state index in [-0.39, 0.29) is 0 Å². The minimum atomic E-state index is 1.00. The molecule has 1 nitrogen and oxygen atoms in total. The molecule has 0 spiro atoms. The second-order valence-corrected chi connectivity index (χ2v) is 6.81. The van der Waals surface area contributed by atoms with Crippen molar-refractivity contribution in [3.05, 3.63) is 60.7 Å². The van der Waals surface area contributed by atoms with Gasteiger partial charge in [0.25, 0.3) is 0 Å². The number of fused-ring (bicyclic) bond motifs is 6. The first-order valence-corrected chi connectivity index (χ1v) is 8.50. The molecule has 0 N–H and O–H groups in total. The van der Waals surface area contributed by atoms with Crippen molar-refractivity contribution in [1.29, 1.82) is 0 Å². The van der Waals surface area contributed by atoms with Crippen LogP contribution in [0.3, 0.4) is 0 Å². The second-order valence-electron chi connectivity index (χ2n) is 5.73. The second kappa shape index (κ2) is 4.34. The molecule has 3 aromatic carbocycles. The van der Waals surface area contributed by atoms with Crippen LogP contribution in [0.15, 0.2) is 60.7 Å². The van der Waals surface area contributed by atoms with Gasteiger partial charge in [-0.2, -0.15) is 0 Å². The molecule has 106 valence electrons. The predicted molar refractivity (Wildman–Crippen MR) is 98.0 cm³/mol. The standard InChI is InChI=1S/C20H15NS/c1-2-21-17-9-5-3-7-13(17)15-11-16-14-8-4-6-10-19(14)22-20(16)12-18(15)21/h3-12H,2H2,1H3. The van der Waals surface area contributed by atoms with Gasteiger partial charge in [0.15, 0.2) is 0 Å². The van der Waals surface area contributed by atoms with E-state index in [1.165, 1.54) is 42.0 Å². The van der Waals surface area contributed by atoms with E-state index in [4.69, 9.17) is 0 Å². The summed E-state index contributed by atoms with van der Waals surface area (Å²) >= 11 is 1.89. The molecule has 0 saturated heterocycles. The summed E-state index contributed by atoms with van der Waals surface area (Å²) in [5, 5.41) is 5.48. The first-order valence-electron chi connectivity index (χ1n) is 7.69. The van der Waals surface area contributed by atoms with Gasteiger partial charge in [0.2, 0.25) is 0 Å². The fraction of sp³-hybridized carbons (Fsp3) is 0.100. The number of aromatic nitrogens is 1. The van der Waals surface area contributed by atoms with Crippen LogP contribution in [-0.4, -0.2) is 4.57 Å². The lowest BCUT2D eigenvalue weighted by molar-refractivity contribution is 0.827. The molecule has 5 aromatic rings. The van der Waals surface area contributed by atoms with Crippen LogP contribution in [0, 0.1) is 0 Å². The van der Waals surface area contributed by atoms with Crippen molar-refractivity contribution < 1.29 is 0 Å². The number of aryl methyl sites for hydroxylation is 1. The molecular weight excluding hydrogens is 286 g/mol. The van der Waals surface area contributed by atoms with E-state index in [0.717, 1.165) is 6.54 Å². The highest BCUT2D eigenvalue weighted by atomic mass is 32.1. The smallest absolute Gasteiger partial charge is 0.0505 e. The predicted octanol–water partition coefficient (Wildman–Crippen LogP) is 6.18. The Hall–Kier alpha value is -2.32. The minimum absolute atomic E-state index is 1.00. The Kier molecular flexibility index (Phi) is 2.42. The minimum Gasteiger partial charge on any atom is -0.341 e. The molecule has 0 aliphatic heterocycles. The molecule has 22 heavy (non-hydrogen) atoms. The van der Waals surface area contributed by atoms with Crippen molar-refractivity contribution in [2.24, 2.45) is 0 Å². The summed E-state index contributed by atoms with van der Waals surface area (Å²) in [6.45, 7) is 3.22. The summed E-state index contributed by atoms with van der Waals surface area (Å²) in [6, 6.07) is 22.2. The molecule has 0 bridgehead atoms. The fourth-order valence-electron chi connectivity index (χ4n) is 3.61. The Bertz CT molecular complexity index is 1160. The van der Waals surface area contributed by atoms with Gasteiger partial charge in [0.1, 0.15) is 0 Å². The summed E-state index contributed by atoms with van der Waals surface area (Å²) in [7, 11) is 0. The molecule has 0 saturated carbocycles. The van der Waals surface area contributed by atoms with Crippen LogP contribution in [0.5, 0.6) is 0 Å². The van der Waals surface area contributed by atoms with Crippen LogP contribution in [0.1, 0.15) is 6.92 Å². The lowest BCUT2D eigenvalue weighted by Crippen LogP contribution is -1.92. The van der Waals surface area contributed by atoms with Crippen molar-refractivity contribution in [3.63, 3.8) is 0 Å². The van der Waals surface area contributed by atoms with Gasteiger partial charge in [-0.05, 0) is 31.2 Å². The Balaban J connectivity index is 2.06. The average Bonchev–Trinajstić information content (AvgIpc) is 3.07. The molecule has 0 aliphatic carbocycles. The van der Waals surface area contributed by atoms with Gasteiger partial charge in [-0.25, -0.2) is 0 Å². The number of rotatable bonds is 1. The van der Waals surface area contributed by atoms with E-state index in [2.05, 4.69) is 72.2 Å². The highest BCUT2D eigenvalue weighted by Gasteiger charge is 2.12. The molecule has 2 aromatic heterocycles. The number of hydrogen-bond acceptors (Lipinski definition) is 1. The summed E-state index contributed by atoms with van der Waals surface area (Å²) in [6.07, 6.45) is 0. The maximum absolute atomic E-state index is 2.43. The topological polar surface area (TPSA) is 4.93 Å². The van der Waals surface area contributed by atoms with Gasteiger partial charge in [-0.3, -0.25) is 0 Å². The Morgan fingerprint density at radius 1 is 0.727 bits per heavy atom. The summed E-state index contributed by atoms with van der Waals surface area (Å²) in [5.74, 6) is 0. The number of para-hydroxylation sites is 1. The summed E-state index contributed by atoms with van der Waals surface area (Å²) < 4.78 is 5.18. The number of nitrogens with zero attached hydrogens (tertiary/aromatic N) is 1. The normalized spacial score (nSPS) is 12.0. The van der Waals surface area contributed by atoms with Crippen LogP contribution < -0.4 is 0 Å². The third-order valence-corrected chi connectivity index (χ3v) is 5.72. The zero-order chi connectivity index (χ0) is 14.7. The quantitative estimate of drug-likeness (QED) is 0.348. The third kappa shape index (κ3) is 1.48.